The first-order valence-electron chi connectivity index (χ1n) is 9.61. The minimum absolute atomic E-state index is 0.0127. The molecule has 0 bridgehead atoms. The molecule has 0 radical (unpaired) electrons. The molecule has 142 valence electrons. The molecule has 1 amide bonds. The summed E-state index contributed by atoms with van der Waals surface area (Å²) in [7, 11) is 0. The second kappa shape index (κ2) is 8.03. The molecule has 0 saturated carbocycles. The zero-order chi connectivity index (χ0) is 18.7. The van der Waals surface area contributed by atoms with Crippen LogP contribution in [-0.4, -0.2) is 51.6 Å². The van der Waals surface area contributed by atoms with Crippen molar-refractivity contribution < 1.29 is 4.79 Å². The van der Waals surface area contributed by atoms with E-state index < -0.39 is 0 Å². The van der Waals surface area contributed by atoms with Gasteiger partial charge in [0.1, 0.15) is 5.82 Å². The van der Waals surface area contributed by atoms with Crippen molar-refractivity contribution in [2.45, 2.75) is 46.5 Å². The second-order valence-electron chi connectivity index (χ2n) is 7.25. The Balaban J connectivity index is 1.60. The van der Waals surface area contributed by atoms with Crippen LogP contribution in [0.2, 0.25) is 0 Å². The molecule has 0 aliphatic carbocycles. The van der Waals surface area contributed by atoms with Crippen LogP contribution in [0.3, 0.4) is 0 Å². The molecule has 26 heavy (non-hydrogen) atoms. The number of primary amides is 1. The lowest BCUT2D eigenvalue weighted by atomic mass is 9.97. The van der Waals surface area contributed by atoms with Crippen LogP contribution in [0.4, 0.5) is 5.82 Å². The van der Waals surface area contributed by atoms with Crippen LogP contribution in [0, 0.1) is 19.8 Å². The highest BCUT2D eigenvalue weighted by Gasteiger charge is 2.23. The summed E-state index contributed by atoms with van der Waals surface area (Å²) in [4.78, 5) is 18.5. The van der Waals surface area contributed by atoms with Gasteiger partial charge in [-0.05, 0) is 52.6 Å². The standard InChI is InChI=1S/C19H30N6O/c1-4-16-11-17(25-19(22-16)13(2)14(3)23-25)21-8-6-10-24-9-5-7-15(12-24)18(20)26/h11,15,21H,4-10,12H2,1-3H3,(H2,20,26)/t15-/m0/s1. The highest BCUT2D eigenvalue weighted by molar-refractivity contribution is 5.76. The van der Waals surface area contributed by atoms with Crippen molar-refractivity contribution in [3.8, 4) is 0 Å². The smallest absolute Gasteiger partial charge is 0.221 e. The van der Waals surface area contributed by atoms with Crippen LogP contribution in [0.25, 0.3) is 5.65 Å². The third-order valence-corrected chi connectivity index (χ3v) is 5.34. The van der Waals surface area contributed by atoms with Crippen molar-refractivity contribution in [1.82, 2.24) is 19.5 Å². The fourth-order valence-corrected chi connectivity index (χ4v) is 3.60. The first kappa shape index (κ1) is 18.6. The van der Waals surface area contributed by atoms with Gasteiger partial charge in [0.2, 0.25) is 5.91 Å². The molecule has 1 aliphatic heterocycles. The third-order valence-electron chi connectivity index (χ3n) is 5.34. The number of aromatic nitrogens is 3. The Hall–Kier alpha value is -2.15. The number of nitrogens with zero attached hydrogens (tertiary/aromatic N) is 4. The summed E-state index contributed by atoms with van der Waals surface area (Å²) >= 11 is 0. The molecule has 7 nitrogen and oxygen atoms in total. The Labute approximate surface area is 155 Å². The number of piperidine rings is 1. The molecule has 0 unspecified atom stereocenters. The number of carbonyl (C=O) groups is 1. The molecular weight excluding hydrogens is 328 g/mol. The predicted octanol–water partition coefficient (Wildman–Crippen LogP) is 1.91. The average Bonchev–Trinajstić information content (AvgIpc) is 2.93. The predicted molar refractivity (Wildman–Crippen MR) is 103 cm³/mol. The van der Waals surface area contributed by atoms with Crippen LogP contribution in [-0.2, 0) is 11.2 Å². The van der Waals surface area contributed by atoms with Crippen LogP contribution < -0.4 is 11.1 Å². The topological polar surface area (TPSA) is 88.5 Å². The van der Waals surface area contributed by atoms with Crippen molar-refractivity contribution in [1.29, 1.82) is 0 Å². The van der Waals surface area contributed by atoms with E-state index in [0.717, 1.165) is 80.3 Å². The van der Waals surface area contributed by atoms with E-state index in [1.807, 2.05) is 11.4 Å². The minimum atomic E-state index is -0.163. The number of anilines is 1. The van der Waals surface area contributed by atoms with Crippen molar-refractivity contribution in [2.24, 2.45) is 11.7 Å². The molecule has 3 heterocycles. The maximum Gasteiger partial charge on any atom is 0.221 e. The Morgan fingerprint density at radius 2 is 2.23 bits per heavy atom. The Morgan fingerprint density at radius 1 is 1.42 bits per heavy atom. The van der Waals surface area contributed by atoms with Crippen molar-refractivity contribution >= 4 is 17.4 Å². The summed E-state index contributed by atoms with van der Waals surface area (Å²) in [5, 5.41) is 8.13. The van der Waals surface area contributed by atoms with Gasteiger partial charge < -0.3 is 16.0 Å². The number of hydrogen-bond acceptors (Lipinski definition) is 5. The summed E-state index contributed by atoms with van der Waals surface area (Å²) in [6.45, 7) is 9.89. The van der Waals surface area contributed by atoms with Gasteiger partial charge in [-0.2, -0.15) is 9.61 Å². The van der Waals surface area contributed by atoms with E-state index in [9.17, 15) is 4.79 Å². The number of rotatable bonds is 7. The van der Waals surface area contributed by atoms with Gasteiger partial charge in [0, 0.05) is 30.4 Å². The van der Waals surface area contributed by atoms with E-state index >= 15 is 0 Å². The van der Waals surface area contributed by atoms with E-state index in [1.54, 1.807) is 0 Å². The maximum atomic E-state index is 11.4. The Morgan fingerprint density at radius 3 is 2.96 bits per heavy atom. The van der Waals surface area contributed by atoms with Gasteiger partial charge in [0.15, 0.2) is 5.65 Å². The Kier molecular flexibility index (Phi) is 5.76. The zero-order valence-electron chi connectivity index (χ0n) is 16.1. The zero-order valence-corrected chi connectivity index (χ0v) is 16.1. The second-order valence-corrected chi connectivity index (χ2v) is 7.25. The summed E-state index contributed by atoms with van der Waals surface area (Å²) in [5.74, 6) is 0.846. The fraction of sp³-hybridized carbons (Fsp3) is 0.632. The van der Waals surface area contributed by atoms with E-state index in [2.05, 4.69) is 35.2 Å². The van der Waals surface area contributed by atoms with Crippen molar-refractivity contribution in [3.63, 3.8) is 0 Å². The van der Waals surface area contributed by atoms with E-state index in [4.69, 9.17) is 10.7 Å². The van der Waals surface area contributed by atoms with Gasteiger partial charge >= 0.3 is 0 Å². The van der Waals surface area contributed by atoms with E-state index in [0.29, 0.717) is 0 Å². The molecule has 1 saturated heterocycles. The quantitative estimate of drug-likeness (QED) is 0.738. The highest BCUT2D eigenvalue weighted by atomic mass is 16.1. The lowest BCUT2D eigenvalue weighted by molar-refractivity contribution is -0.123. The minimum Gasteiger partial charge on any atom is -0.370 e. The van der Waals surface area contributed by atoms with Crippen molar-refractivity contribution in [2.75, 3.05) is 31.5 Å². The average molecular weight is 358 g/mol. The van der Waals surface area contributed by atoms with Crippen LogP contribution in [0.15, 0.2) is 6.07 Å². The Bertz CT molecular complexity index is 784. The van der Waals surface area contributed by atoms with Gasteiger partial charge in [-0.3, -0.25) is 4.79 Å². The van der Waals surface area contributed by atoms with Gasteiger partial charge in [0.25, 0.3) is 0 Å². The molecule has 3 N–H and O–H groups in total. The summed E-state index contributed by atoms with van der Waals surface area (Å²) in [5.41, 5.74) is 9.62. The van der Waals surface area contributed by atoms with E-state index in [-0.39, 0.29) is 11.8 Å². The first-order valence-corrected chi connectivity index (χ1v) is 9.61. The molecule has 3 rings (SSSR count). The molecule has 7 heteroatoms. The number of hydrogen-bond donors (Lipinski definition) is 2. The molecule has 1 atom stereocenters. The summed E-state index contributed by atoms with van der Waals surface area (Å²) in [6, 6.07) is 2.09. The highest BCUT2D eigenvalue weighted by Crippen LogP contribution is 2.19. The number of nitrogens with one attached hydrogen (secondary N) is 1. The number of amides is 1. The van der Waals surface area contributed by atoms with Crippen LogP contribution >= 0.6 is 0 Å². The molecule has 1 fully saturated rings. The number of aryl methyl sites for hydroxylation is 3. The number of fused-ring (bicyclic) bond motifs is 1. The largest absolute Gasteiger partial charge is 0.370 e. The lowest BCUT2D eigenvalue weighted by Gasteiger charge is -2.31. The van der Waals surface area contributed by atoms with Gasteiger partial charge in [-0.15, -0.1) is 0 Å². The number of likely N-dealkylation sites (tertiary alicyclic amines) is 1. The third kappa shape index (κ3) is 3.98. The first-order chi connectivity index (χ1) is 12.5. The van der Waals surface area contributed by atoms with Gasteiger partial charge in [-0.25, -0.2) is 4.98 Å². The van der Waals surface area contributed by atoms with Crippen LogP contribution in [0.5, 0.6) is 0 Å². The summed E-state index contributed by atoms with van der Waals surface area (Å²) < 4.78 is 1.91. The molecular formula is C19H30N6O. The molecule has 0 aromatic carbocycles. The molecule has 0 spiro atoms. The molecule has 1 aliphatic rings. The SMILES string of the molecule is CCc1cc(NCCCN2CCC[C@H](C(N)=O)C2)n2nc(C)c(C)c2n1. The number of nitrogens with two attached hydrogens (primary N) is 1. The van der Waals surface area contributed by atoms with E-state index in [1.165, 1.54) is 0 Å². The summed E-state index contributed by atoms with van der Waals surface area (Å²) in [6.07, 6.45) is 3.89. The molecule has 2 aromatic rings. The molecule has 2 aromatic heterocycles. The lowest BCUT2D eigenvalue weighted by Crippen LogP contribution is -2.41. The normalized spacial score (nSPS) is 18.3. The van der Waals surface area contributed by atoms with Gasteiger partial charge in [-0.1, -0.05) is 6.92 Å². The number of carbonyl (C=O) groups excluding carboxylic acids is 1. The van der Waals surface area contributed by atoms with Gasteiger partial charge in [0.05, 0.1) is 11.6 Å². The van der Waals surface area contributed by atoms with Crippen LogP contribution in [0.1, 0.15) is 43.1 Å². The fourth-order valence-electron chi connectivity index (χ4n) is 3.60. The maximum absolute atomic E-state index is 11.4. The van der Waals surface area contributed by atoms with Crippen molar-refractivity contribution in [3.05, 3.63) is 23.0 Å². The monoisotopic (exact) mass is 358 g/mol.